The van der Waals surface area contributed by atoms with E-state index in [1.807, 2.05) is 18.2 Å². The van der Waals surface area contributed by atoms with Crippen molar-refractivity contribution in [2.45, 2.75) is 36.6 Å². The molecule has 4 rings (SSSR count). The zero-order chi connectivity index (χ0) is 16.7. The summed E-state index contributed by atoms with van der Waals surface area (Å²) in [4.78, 5) is 7.15. The molecule has 2 aromatic rings. The molecule has 4 nitrogen and oxygen atoms in total. The number of nitrogens with zero attached hydrogens (tertiary/aromatic N) is 3. The van der Waals surface area contributed by atoms with Gasteiger partial charge < -0.3 is 5.32 Å². The van der Waals surface area contributed by atoms with Crippen LogP contribution >= 0.6 is 23.4 Å². The number of hydrogen-bond donors (Lipinski definition) is 1. The van der Waals surface area contributed by atoms with Crippen LogP contribution in [0.25, 0.3) is 0 Å². The first-order valence-electron chi connectivity index (χ1n) is 8.10. The Balaban J connectivity index is 1.75. The molecule has 0 aliphatic carbocycles. The largest absolute Gasteiger partial charge is 0.312 e. The molecule has 124 valence electrons. The van der Waals surface area contributed by atoms with E-state index in [1.165, 1.54) is 11.1 Å². The summed E-state index contributed by atoms with van der Waals surface area (Å²) in [5, 5.41) is 8.95. The first-order chi connectivity index (χ1) is 11.6. The Morgan fingerprint density at radius 1 is 1.29 bits per heavy atom. The number of hydrogen-bond acceptors (Lipinski definition) is 4. The molecule has 2 aliphatic heterocycles. The van der Waals surface area contributed by atoms with Gasteiger partial charge in [0.1, 0.15) is 0 Å². The summed E-state index contributed by atoms with van der Waals surface area (Å²) in [5.41, 5.74) is 4.92. The van der Waals surface area contributed by atoms with Gasteiger partial charge in [0.25, 0.3) is 0 Å². The number of fused-ring (bicyclic) bond motifs is 1. The van der Waals surface area contributed by atoms with Gasteiger partial charge in [-0.25, -0.2) is 9.67 Å². The molecular formula is C18H19ClN4S. The summed E-state index contributed by atoms with van der Waals surface area (Å²) >= 11 is 7.81. The number of nitrogens with one attached hydrogen (secondary N) is 1. The molecule has 0 unspecified atom stereocenters. The van der Waals surface area contributed by atoms with Gasteiger partial charge >= 0.3 is 0 Å². The van der Waals surface area contributed by atoms with Crippen molar-refractivity contribution in [3.05, 3.63) is 46.1 Å². The van der Waals surface area contributed by atoms with Crippen LogP contribution in [0.4, 0.5) is 5.82 Å². The van der Waals surface area contributed by atoms with E-state index >= 15 is 0 Å². The van der Waals surface area contributed by atoms with E-state index in [-0.39, 0.29) is 0 Å². The van der Waals surface area contributed by atoms with Crippen LogP contribution in [0.3, 0.4) is 0 Å². The number of rotatable bonds is 2. The Hall–Kier alpha value is -1.56. The molecule has 6 heteroatoms. The second kappa shape index (κ2) is 6.39. The van der Waals surface area contributed by atoms with Crippen molar-refractivity contribution in [2.75, 3.05) is 13.1 Å². The van der Waals surface area contributed by atoms with Crippen molar-refractivity contribution < 1.29 is 0 Å². The molecule has 1 N–H and O–H groups in total. The van der Waals surface area contributed by atoms with Crippen LogP contribution in [0.1, 0.15) is 19.0 Å². The zero-order valence-corrected chi connectivity index (χ0v) is 15.3. The fourth-order valence-electron chi connectivity index (χ4n) is 3.23. The molecule has 0 amide bonds. The highest BCUT2D eigenvalue weighted by molar-refractivity contribution is 7.99. The highest BCUT2D eigenvalue weighted by atomic mass is 35.5. The molecule has 0 spiro atoms. The van der Waals surface area contributed by atoms with E-state index in [0.717, 1.165) is 58.1 Å². The Labute approximate surface area is 151 Å². The fraction of sp³-hybridized carbons (Fsp3) is 0.333. The lowest BCUT2D eigenvalue weighted by Crippen LogP contribution is -2.28. The second-order valence-corrected chi connectivity index (χ2v) is 7.68. The summed E-state index contributed by atoms with van der Waals surface area (Å²) in [5.74, 6) is 0.962. The minimum atomic E-state index is 0.749. The minimum Gasteiger partial charge on any atom is -0.312 e. The molecule has 3 heterocycles. The molecule has 0 saturated carbocycles. The van der Waals surface area contributed by atoms with Gasteiger partial charge in [0, 0.05) is 22.2 Å². The number of halogens is 1. The molecular weight excluding hydrogens is 340 g/mol. The SMILES string of the molecule is CC1=Nc2c(Sc3cccc(Cl)c3)c(C)nn2CC2=C1CNCC2. The third kappa shape index (κ3) is 2.92. The van der Waals surface area contributed by atoms with Gasteiger partial charge in [0.2, 0.25) is 0 Å². The fourth-order valence-corrected chi connectivity index (χ4v) is 4.49. The highest BCUT2D eigenvalue weighted by Crippen LogP contribution is 2.40. The van der Waals surface area contributed by atoms with Crippen molar-refractivity contribution >= 4 is 34.9 Å². The van der Waals surface area contributed by atoms with E-state index in [0.29, 0.717) is 0 Å². The molecule has 1 aromatic carbocycles. The van der Waals surface area contributed by atoms with Crippen molar-refractivity contribution in [2.24, 2.45) is 4.99 Å². The summed E-state index contributed by atoms with van der Waals surface area (Å²) in [7, 11) is 0. The van der Waals surface area contributed by atoms with Gasteiger partial charge in [-0.05, 0) is 56.2 Å². The summed E-state index contributed by atoms with van der Waals surface area (Å²) in [6.45, 7) is 6.94. The Morgan fingerprint density at radius 3 is 3.00 bits per heavy atom. The van der Waals surface area contributed by atoms with Crippen LogP contribution in [0.5, 0.6) is 0 Å². The molecule has 0 atom stereocenters. The van der Waals surface area contributed by atoms with Crippen LogP contribution in [0.2, 0.25) is 5.02 Å². The molecule has 0 radical (unpaired) electrons. The Kier molecular flexibility index (Phi) is 4.24. The lowest BCUT2D eigenvalue weighted by molar-refractivity contribution is 0.610. The van der Waals surface area contributed by atoms with E-state index in [1.54, 1.807) is 11.8 Å². The number of benzene rings is 1. The summed E-state index contributed by atoms with van der Waals surface area (Å²) < 4.78 is 2.05. The Morgan fingerprint density at radius 2 is 2.17 bits per heavy atom. The number of aromatic nitrogens is 2. The highest BCUT2D eigenvalue weighted by Gasteiger charge is 2.24. The molecule has 0 saturated heterocycles. The van der Waals surface area contributed by atoms with Gasteiger partial charge in [-0.3, -0.25) is 0 Å². The molecule has 0 bridgehead atoms. The number of aliphatic imine (C=N–C) groups is 1. The maximum Gasteiger partial charge on any atom is 0.165 e. The molecule has 2 aliphatic rings. The van der Waals surface area contributed by atoms with Gasteiger partial charge in [0.05, 0.1) is 17.1 Å². The maximum absolute atomic E-state index is 6.12. The van der Waals surface area contributed by atoms with Crippen LogP contribution in [-0.4, -0.2) is 28.6 Å². The second-order valence-electron chi connectivity index (χ2n) is 6.16. The van der Waals surface area contributed by atoms with Crippen LogP contribution in [0, 0.1) is 6.92 Å². The van der Waals surface area contributed by atoms with Gasteiger partial charge in [0.15, 0.2) is 5.82 Å². The van der Waals surface area contributed by atoms with E-state index in [9.17, 15) is 0 Å². The smallest absolute Gasteiger partial charge is 0.165 e. The van der Waals surface area contributed by atoms with Crippen molar-refractivity contribution in [3.8, 4) is 0 Å². The lowest BCUT2D eigenvalue weighted by atomic mass is 9.98. The summed E-state index contributed by atoms with van der Waals surface area (Å²) in [6, 6.07) is 7.92. The van der Waals surface area contributed by atoms with Gasteiger partial charge in [-0.1, -0.05) is 29.4 Å². The third-order valence-electron chi connectivity index (χ3n) is 4.45. The van der Waals surface area contributed by atoms with E-state index in [2.05, 4.69) is 29.9 Å². The van der Waals surface area contributed by atoms with Crippen molar-refractivity contribution in [3.63, 3.8) is 0 Å². The minimum absolute atomic E-state index is 0.749. The molecule has 0 fully saturated rings. The molecule has 1 aromatic heterocycles. The predicted octanol–water partition coefficient (Wildman–Crippen LogP) is 4.39. The van der Waals surface area contributed by atoms with Crippen LogP contribution < -0.4 is 5.32 Å². The van der Waals surface area contributed by atoms with Gasteiger partial charge in [-0.2, -0.15) is 5.10 Å². The first-order valence-corrected chi connectivity index (χ1v) is 9.29. The standard InChI is InChI=1S/C18H19ClN4S/c1-11-16-9-20-7-6-13(16)10-23-18(21-11)17(12(2)22-23)24-15-5-3-4-14(19)8-15/h3-5,8,20H,6-7,9-10H2,1-2H3. The third-order valence-corrected chi connectivity index (χ3v) is 5.85. The average molecular weight is 359 g/mol. The quantitative estimate of drug-likeness (QED) is 0.865. The lowest BCUT2D eigenvalue weighted by Gasteiger charge is -2.19. The predicted molar refractivity (Wildman–Crippen MR) is 99.8 cm³/mol. The van der Waals surface area contributed by atoms with Gasteiger partial charge in [-0.15, -0.1) is 0 Å². The van der Waals surface area contributed by atoms with Crippen molar-refractivity contribution in [1.29, 1.82) is 0 Å². The topological polar surface area (TPSA) is 42.2 Å². The average Bonchev–Trinajstić information content (AvgIpc) is 2.75. The summed E-state index contributed by atoms with van der Waals surface area (Å²) in [6.07, 6.45) is 1.07. The van der Waals surface area contributed by atoms with Crippen LogP contribution in [0.15, 0.2) is 50.2 Å². The van der Waals surface area contributed by atoms with E-state index in [4.69, 9.17) is 21.7 Å². The Bertz CT molecular complexity index is 866. The monoisotopic (exact) mass is 358 g/mol. The van der Waals surface area contributed by atoms with Crippen molar-refractivity contribution in [1.82, 2.24) is 15.1 Å². The van der Waals surface area contributed by atoms with Crippen LogP contribution in [-0.2, 0) is 6.54 Å². The normalized spacial score (nSPS) is 17.2. The zero-order valence-electron chi connectivity index (χ0n) is 13.8. The van der Waals surface area contributed by atoms with E-state index < -0.39 is 0 Å². The maximum atomic E-state index is 6.12. The first kappa shape index (κ1) is 15.9. The number of aryl methyl sites for hydroxylation is 1. The molecule has 24 heavy (non-hydrogen) atoms.